The maximum atomic E-state index is 12.4. The highest BCUT2D eigenvalue weighted by molar-refractivity contribution is 7.18. The van der Waals surface area contributed by atoms with Crippen LogP contribution in [0.5, 0.6) is 0 Å². The highest BCUT2D eigenvalue weighted by Gasteiger charge is 2.23. The Bertz CT molecular complexity index is 725. The Balaban J connectivity index is 2.15. The summed E-state index contributed by atoms with van der Waals surface area (Å²) < 4.78 is 1.32. The molecule has 3 rings (SSSR count). The molecule has 5 nitrogen and oxygen atoms in total. The lowest BCUT2D eigenvalue weighted by atomic mass is 9.89. The van der Waals surface area contributed by atoms with Gasteiger partial charge in [0.1, 0.15) is 0 Å². The molecule has 2 heterocycles. The first-order chi connectivity index (χ1) is 9.20. The molecule has 6 heteroatoms. The first-order valence-electron chi connectivity index (χ1n) is 6.45. The van der Waals surface area contributed by atoms with Gasteiger partial charge in [0.2, 0.25) is 0 Å². The molecule has 0 radical (unpaired) electrons. The number of nitrogens with zero attached hydrogens (tertiary/aromatic N) is 4. The van der Waals surface area contributed by atoms with Crippen molar-refractivity contribution in [2.24, 2.45) is 5.92 Å². The second-order valence-corrected chi connectivity index (χ2v) is 6.14. The summed E-state index contributed by atoms with van der Waals surface area (Å²) in [5.74, 6) is 0.675. The number of rotatable bonds is 2. The first kappa shape index (κ1) is 12.3. The number of aryl methyl sites for hydroxylation is 2. The lowest BCUT2D eigenvalue weighted by Crippen LogP contribution is -2.24. The van der Waals surface area contributed by atoms with Crippen molar-refractivity contribution in [1.82, 2.24) is 15.0 Å². The second-order valence-electron chi connectivity index (χ2n) is 5.06. The third-order valence-electron chi connectivity index (χ3n) is 3.62. The standard InChI is InChI=1S/C13H14N4OS/c1-8-3-4-9-10(7-8)19-12-11(9)13(18)17(16-15-12)6-2-5-14/h8H,2-4,6-7H2,1H3. The van der Waals surface area contributed by atoms with Gasteiger partial charge in [-0.05, 0) is 30.7 Å². The predicted octanol–water partition coefficient (Wildman–Crippen LogP) is 1.89. The average Bonchev–Trinajstić information content (AvgIpc) is 2.76. The Morgan fingerprint density at radius 1 is 1.58 bits per heavy atom. The zero-order chi connectivity index (χ0) is 13.4. The minimum Gasteiger partial charge on any atom is -0.267 e. The normalized spacial score (nSPS) is 18.2. The average molecular weight is 274 g/mol. The number of aromatic nitrogens is 3. The van der Waals surface area contributed by atoms with E-state index >= 15 is 0 Å². The van der Waals surface area contributed by atoms with E-state index < -0.39 is 0 Å². The quantitative estimate of drug-likeness (QED) is 0.838. The van der Waals surface area contributed by atoms with Crippen molar-refractivity contribution in [3.05, 3.63) is 20.8 Å². The molecular weight excluding hydrogens is 260 g/mol. The van der Waals surface area contributed by atoms with Gasteiger partial charge >= 0.3 is 0 Å². The first-order valence-corrected chi connectivity index (χ1v) is 7.27. The molecule has 1 unspecified atom stereocenters. The molecule has 0 saturated heterocycles. The van der Waals surface area contributed by atoms with Crippen molar-refractivity contribution in [3.63, 3.8) is 0 Å². The highest BCUT2D eigenvalue weighted by atomic mass is 32.1. The summed E-state index contributed by atoms with van der Waals surface area (Å²) >= 11 is 1.60. The molecule has 0 N–H and O–H groups in total. The van der Waals surface area contributed by atoms with Gasteiger partial charge in [0.05, 0.1) is 24.4 Å². The van der Waals surface area contributed by atoms with Gasteiger partial charge in [-0.2, -0.15) is 5.26 Å². The van der Waals surface area contributed by atoms with Crippen LogP contribution in [0.25, 0.3) is 10.2 Å². The molecule has 1 aliphatic carbocycles. The lowest BCUT2D eigenvalue weighted by molar-refractivity contribution is 0.508. The summed E-state index contributed by atoms with van der Waals surface area (Å²) in [4.78, 5) is 14.4. The number of nitriles is 1. The van der Waals surface area contributed by atoms with Gasteiger partial charge in [-0.3, -0.25) is 4.79 Å². The Labute approximate surface area is 114 Å². The monoisotopic (exact) mass is 274 g/mol. The van der Waals surface area contributed by atoms with Gasteiger partial charge in [0, 0.05) is 4.88 Å². The van der Waals surface area contributed by atoms with Gasteiger partial charge in [-0.25, -0.2) is 4.68 Å². The van der Waals surface area contributed by atoms with Crippen molar-refractivity contribution < 1.29 is 0 Å². The molecule has 0 spiro atoms. The van der Waals surface area contributed by atoms with Gasteiger partial charge < -0.3 is 0 Å². The highest BCUT2D eigenvalue weighted by Crippen LogP contribution is 2.35. The molecule has 0 aromatic carbocycles. The van der Waals surface area contributed by atoms with Crippen LogP contribution in [0.15, 0.2) is 4.79 Å². The molecule has 1 atom stereocenters. The van der Waals surface area contributed by atoms with Crippen molar-refractivity contribution in [2.45, 2.75) is 39.2 Å². The van der Waals surface area contributed by atoms with Gasteiger partial charge in [-0.1, -0.05) is 12.1 Å². The summed E-state index contributed by atoms with van der Waals surface area (Å²) in [7, 11) is 0. The van der Waals surface area contributed by atoms with E-state index in [1.165, 1.54) is 15.1 Å². The van der Waals surface area contributed by atoms with Crippen LogP contribution in [-0.4, -0.2) is 15.0 Å². The van der Waals surface area contributed by atoms with Crippen LogP contribution in [0.2, 0.25) is 0 Å². The van der Waals surface area contributed by atoms with E-state index in [0.29, 0.717) is 12.5 Å². The van der Waals surface area contributed by atoms with Crippen molar-refractivity contribution in [1.29, 1.82) is 5.26 Å². The van der Waals surface area contributed by atoms with E-state index in [9.17, 15) is 4.79 Å². The molecule has 0 amide bonds. The summed E-state index contributed by atoms with van der Waals surface area (Å²) in [6.07, 6.45) is 3.39. The number of thiophene rings is 1. The maximum absolute atomic E-state index is 12.4. The van der Waals surface area contributed by atoms with Crippen molar-refractivity contribution >= 4 is 21.6 Å². The van der Waals surface area contributed by atoms with Crippen LogP contribution in [0.3, 0.4) is 0 Å². The molecule has 98 valence electrons. The summed E-state index contributed by atoms with van der Waals surface area (Å²) in [6.45, 7) is 2.56. The number of fused-ring (bicyclic) bond motifs is 3. The molecule has 0 saturated carbocycles. The van der Waals surface area contributed by atoms with Crippen LogP contribution < -0.4 is 5.56 Å². The van der Waals surface area contributed by atoms with E-state index in [-0.39, 0.29) is 12.0 Å². The Hall–Kier alpha value is -1.74. The predicted molar refractivity (Wildman–Crippen MR) is 73.1 cm³/mol. The minimum atomic E-state index is -0.0905. The van der Waals surface area contributed by atoms with Crippen LogP contribution in [0.4, 0.5) is 0 Å². The number of hydrogen-bond donors (Lipinski definition) is 0. The Kier molecular flexibility index (Phi) is 3.07. The molecule has 0 aliphatic heterocycles. The van der Waals surface area contributed by atoms with E-state index in [0.717, 1.165) is 29.5 Å². The topological polar surface area (TPSA) is 71.6 Å². The number of hydrogen-bond acceptors (Lipinski definition) is 5. The molecule has 0 fully saturated rings. The summed E-state index contributed by atoms with van der Waals surface area (Å²) in [6, 6.07) is 2.03. The molecule has 19 heavy (non-hydrogen) atoms. The summed E-state index contributed by atoms with van der Waals surface area (Å²) in [5, 5.41) is 17.4. The Morgan fingerprint density at radius 2 is 2.42 bits per heavy atom. The smallest absolute Gasteiger partial charge is 0.267 e. The third-order valence-corrected chi connectivity index (χ3v) is 4.76. The fraction of sp³-hybridized carbons (Fsp3) is 0.538. The minimum absolute atomic E-state index is 0.0905. The zero-order valence-corrected chi connectivity index (χ0v) is 11.5. The molecule has 2 aromatic heterocycles. The maximum Gasteiger partial charge on any atom is 0.278 e. The SMILES string of the molecule is CC1CCc2c(sc3nnn(CCC#N)c(=O)c23)C1. The van der Waals surface area contributed by atoms with Crippen molar-refractivity contribution in [2.75, 3.05) is 0 Å². The largest absolute Gasteiger partial charge is 0.278 e. The van der Waals surface area contributed by atoms with Gasteiger partial charge in [0.25, 0.3) is 5.56 Å². The second kappa shape index (κ2) is 4.74. The van der Waals surface area contributed by atoms with Crippen LogP contribution in [0.1, 0.15) is 30.2 Å². The fourth-order valence-electron chi connectivity index (χ4n) is 2.59. The van der Waals surface area contributed by atoms with E-state index in [2.05, 4.69) is 17.2 Å². The van der Waals surface area contributed by atoms with E-state index in [1.807, 2.05) is 6.07 Å². The molecule has 2 aromatic rings. The van der Waals surface area contributed by atoms with Crippen LogP contribution in [-0.2, 0) is 19.4 Å². The van der Waals surface area contributed by atoms with E-state index in [1.54, 1.807) is 11.3 Å². The third kappa shape index (κ3) is 2.04. The summed E-state index contributed by atoms with van der Waals surface area (Å²) in [5.41, 5.74) is 1.08. The van der Waals surface area contributed by atoms with Crippen molar-refractivity contribution in [3.8, 4) is 6.07 Å². The zero-order valence-electron chi connectivity index (χ0n) is 10.7. The Morgan fingerprint density at radius 3 is 3.21 bits per heavy atom. The van der Waals surface area contributed by atoms with Gasteiger partial charge in [-0.15, -0.1) is 16.4 Å². The van der Waals surface area contributed by atoms with E-state index in [4.69, 9.17) is 5.26 Å². The molecular formula is C13H14N4OS. The van der Waals surface area contributed by atoms with Gasteiger partial charge in [0.15, 0.2) is 4.83 Å². The van der Waals surface area contributed by atoms with Crippen LogP contribution >= 0.6 is 11.3 Å². The lowest BCUT2D eigenvalue weighted by Gasteiger charge is -2.17. The fourth-order valence-corrected chi connectivity index (χ4v) is 3.91. The molecule has 1 aliphatic rings. The molecule has 0 bridgehead atoms. The van der Waals surface area contributed by atoms with Crippen LogP contribution in [0, 0.1) is 17.2 Å².